The molecule has 152 valence electrons. The Morgan fingerprint density at radius 1 is 1.14 bits per heavy atom. The molecule has 2 aromatic carbocycles. The lowest BCUT2D eigenvalue weighted by Crippen LogP contribution is -2.24. The maximum atomic E-state index is 12.2. The van der Waals surface area contributed by atoms with Gasteiger partial charge in [0.15, 0.2) is 11.0 Å². The number of carbonyl (C=O) groups excluding carboxylic acids is 1. The van der Waals surface area contributed by atoms with Crippen LogP contribution in [0.25, 0.3) is 11.4 Å². The van der Waals surface area contributed by atoms with Gasteiger partial charge < -0.3 is 19.5 Å². The molecule has 3 rings (SSSR count). The van der Waals surface area contributed by atoms with Crippen molar-refractivity contribution in [3.63, 3.8) is 0 Å². The number of hydrogen-bond acceptors (Lipinski definition) is 6. The summed E-state index contributed by atoms with van der Waals surface area (Å²) < 4.78 is 7.27. The van der Waals surface area contributed by atoms with E-state index in [1.54, 1.807) is 7.11 Å². The van der Waals surface area contributed by atoms with Gasteiger partial charge in [0, 0.05) is 33.4 Å². The smallest absolute Gasteiger partial charge is 0.230 e. The van der Waals surface area contributed by atoms with Crippen LogP contribution in [0.15, 0.2) is 53.7 Å². The van der Waals surface area contributed by atoms with Crippen molar-refractivity contribution in [3.8, 4) is 17.1 Å². The largest absolute Gasteiger partial charge is 0.496 e. The van der Waals surface area contributed by atoms with E-state index in [9.17, 15) is 4.79 Å². The fourth-order valence-corrected chi connectivity index (χ4v) is 3.54. The Morgan fingerprint density at radius 3 is 2.55 bits per heavy atom. The number of methoxy groups -OCH3 is 1. The topological polar surface area (TPSA) is 72.3 Å². The molecule has 0 radical (unpaired) electrons. The van der Waals surface area contributed by atoms with Crippen molar-refractivity contribution in [1.29, 1.82) is 0 Å². The monoisotopic (exact) mass is 411 g/mol. The molecule has 1 N–H and O–H groups in total. The van der Waals surface area contributed by atoms with Gasteiger partial charge in [-0.3, -0.25) is 4.79 Å². The number of hydrogen-bond donors (Lipinski definition) is 1. The SMILES string of the molecule is COc1ccccc1-c1nnc(SCC(=O)NCc2ccc(N(C)C)cc2)n1C. The van der Waals surface area contributed by atoms with Gasteiger partial charge in [0.05, 0.1) is 18.4 Å². The van der Waals surface area contributed by atoms with Crippen LogP contribution in [0, 0.1) is 0 Å². The first-order chi connectivity index (χ1) is 14.0. The lowest BCUT2D eigenvalue weighted by molar-refractivity contribution is -0.118. The van der Waals surface area contributed by atoms with E-state index in [1.165, 1.54) is 11.8 Å². The third-order valence-corrected chi connectivity index (χ3v) is 5.48. The van der Waals surface area contributed by atoms with Gasteiger partial charge in [-0.1, -0.05) is 36.0 Å². The Labute approximate surface area is 175 Å². The Morgan fingerprint density at radius 2 is 1.86 bits per heavy atom. The predicted molar refractivity (Wildman–Crippen MR) is 116 cm³/mol. The highest BCUT2D eigenvalue weighted by molar-refractivity contribution is 7.99. The Bertz CT molecular complexity index is 969. The minimum atomic E-state index is -0.0477. The number of thioether (sulfide) groups is 1. The summed E-state index contributed by atoms with van der Waals surface area (Å²) in [6, 6.07) is 15.8. The van der Waals surface area contributed by atoms with E-state index in [0.29, 0.717) is 17.5 Å². The molecule has 0 bridgehead atoms. The van der Waals surface area contributed by atoms with Crippen LogP contribution >= 0.6 is 11.8 Å². The molecule has 3 aromatic rings. The number of anilines is 1. The van der Waals surface area contributed by atoms with Crippen molar-refractivity contribution in [2.24, 2.45) is 7.05 Å². The summed E-state index contributed by atoms with van der Waals surface area (Å²) in [4.78, 5) is 14.3. The number of rotatable bonds is 8. The third kappa shape index (κ3) is 5.08. The molecule has 1 heterocycles. The van der Waals surface area contributed by atoms with Crippen LogP contribution in [0.3, 0.4) is 0 Å². The van der Waals surface area contributed by atoms with Crippen LogP contribution in [0.1, 0.15) is 5.56 Å². The molecule has 8 heteroatoms. The summed E-state index contributed by atoms with van der Waals surface area (Å²) in [7, 11) is 7.51. The zero-order valence-corrected chi connectivity index (χ0v) is 17.9. The first-order valence-corrected chi connectivity index (χ1v) is 10.2. The first kappa shape index (κ1) is 20.7. The van der Waals surface area contributed by atoms with Gasteiger partial charge in [0.2, 0.25) is 5.91 Å². The summed E-state index contributed by atoms with van der Waals surface area (Å²) >= 11 is 1.36. The van der Waals surface area contributed by atoms with E-state index in [-0.39, 0.29) is 11.7 Å². The minimum Gasteiger partial charge on any atom is -0.496 e. The molecular weight excluding hydrogens is 386 g/mol. The molecule has 0 aliphatic carbocycles. The molecule has 0 spiro atoms. The van der Waals surface area contributed by atoms with Gasteiger partial charge in [-0.05, 0) is 29.8 Å². The van der Waals surface area contributed by atoms with Gasteiger partial charge in [0.25, 0.3) is 0 Å². The van der Waals surface area contributed by atoms with Crippen LogP contribution in [0.4, 0.5) is 5.69 Å². The normalized spacial score (nSPS) is 10.6. The average Bonchev–Trinajstić information content (AvgIpc) is 3.11. The Balaban J connectivity index is 1.56. The maximum absolute atomic E-state index is 12.2. The van der Waals surface area contributed by atoms with E-state index in [2.05, 4.69) is 15.5 Å². The molecule has 29 heavy (non-hydrogen) atoms. The van der Waals surface area contributed by atoms with E-state index in [4.69, 9.17) is 4.74 Å². The molecule has 0 saturated heterocycles. The number of ether oxygens (including phenoxy) is 1. The van der Waals surface area contributed by atoms with Crippen LogP contribution in [0.5, 0.6) is 5.75 Å². The summed E-state index contributed by atoms with van der Waals surface area (Å²) in [5.41, 5.74) is 3.05. The molecule has 0 saturated carbocycles. The lowest BCUT2D eigenvalue weighted by atomic mass is 10.2. The van der Waals surface area contributed by atoms with E-state index in [0.717, 1.165) is 22.6 Å². The second kappa shape index (κ2) is 9.47. The van der Waals surface area contributed by atoms with Gasteiger partial charge in [0.1, 0.15) is 5.75 Å². The van der Waals surface area contributed by atoms with Gasteiger partial charge >= 0.3 is 0 Å². The third-order valence-electron chi connectivity index (χ3n) is 4.46. The Hall–Kier alpha value is -3.00. The minimum absolute atomic E-state index is 0.0477. The van der Waals surface area contributed by atoms with Crippen LogP contribution in [-0.2, 0) is 18.4 Å². The quantitative estimate of drug-likeness (QED) is 0.575. The van der Waals surface area contributed by atoms with Crippen LogP contribution < -0.4 is 15.0 Å². The lowest BCUT2D eigenvalue weighted by Gasteiger charge is -2.13. The van der Waals surface area contributed by atoms with Gasteiger partial charge in [-0.15, -0.1) is 10.2 Å². The molecule has 0 fully saturated rings. The van der Waals surface area contributed by atoms with Crippen molar-refractivity contribution in [3.05, 3.63) is 54.1 Å². The number of amides is 1. The number of para-hydroxylation sites is 1. The molecule has 0 atom stereocenters. The second-order valence-corrected chi connectivity index (χ2v) is 7.63. The highest BCUT2D eigenvalue weighted by atomic mass is 32.2. The van der Waals surface area contributed by atoms with Gasteiger partial charge in [-0.25, -0.2) is 0 Å². The van der Waals surface area contributed by atoms with Crippen molar-refractivity contribution in [2.45, 2.75) is 11.7 Å². The number of nitrogens with zero attached hydrogens (tertiary/aromatic N) is 4. The molecule has 0 aliphatic heterocycles. The molecular formula is C21H25N5O2S. The summed E-state index contributed by atoms with van der Waals surface area (Å²) in [5, 5.41) is 12.1. The fourth-order valence-electron chi connectivity index (χ4n) is 2.80. The average molecular weight is 412 g/mol. The molecule has 1 amide bonds. The molecule has 0 aliphatic rings. The van der Waals surface area contributed by atoms with Gasteiger partial charge in [-0.2, -0.15) is 0 Å². The number of carbonyl (C=O) groups is 1. The molecule has 7 nitrogen and oxygen atoms in total. The van der Waals surface area contributed by atoms with E-state index < -0.39 is 0 Å². The summed E-state index contributed by atoms with van der Waals surface area (Å²) in [5.74, 6) is 1.66. The first-order valence-electron chi connectivity index (χ1n) is 9.18. The predicted octanol–water partition coefficient (Wildman–Crippen LogP) is 2.97. The van der Waals surface area contributed by atoms with Crippen LogP contribution in [-0.4, -0.2) is 47.6 Å². The summed E-state index contributed by atoms with van der Waals surface area (Å²) in [6.45, 7) is 0.498. The zero-order valence-electron chi connectivity index (χ0n) is 17.0. The van der Waals surface area contributed by atoms with Crippen molar-refractivity contribution in [2.75, 3.05) is 31.9 Å². The maximum Gasteiger partial charge on any atom is 0.230 e. The zero-order chi connectivity index (χ0) is 20.8. The van der Waals surface area contributed by atoms with Crippen molar-refractivity contribution in [1.82, 2.24) is 20.1 Å². The standard InChI is InChI=1S/C21H25N5O2S/c1-25(2)16-11-9-15(10-12-16)13-22-19(27)14-29-21-24-23-20(26(21)3)17-7-5-6-8-18(17)28-4/h5-12H,13-14H2,1-4H3,(H,22,27). The second-order valence-electron chi connectivity index (χ2n) is 6.69. The number of benzene rings is 2. The highest BCUT2D eigenvalue weighted by Gasteiger charge is 2.15. The highest BCUT2D eigenvalue weighted by Crippen LogP contribution is 2.29. The molecule has 0 unspecified atom stereocenters. The fraction of sp³-hybridized carbons (Fsp3) is 0.286. The van der Waals surface area contributed by atoms with E-state index in [1.807, 2.05) is 79.1 Å². The number of aromatic nitrogens is 3. The van der Waals surface area contributed by atoms with Crippen molar-refractivity contribution < 1.29 is 9.53 Å². The van der Waals surface area contributed by atoms with Crippen molar-refractivity contribution >= 4 is 23.4 Å². The Kier molecular flexibility index (Phi) is 6.77. The number of nitrogens with one attached hydrogen (secondary N) is 1. The molecule has 1 aromatic heterocycles. The van der Waals surface area contributed by atoms with E-state index >= 15 is 0 Å². The van der Waals surface area contributed by atoms with Crippen LogP contribution in [0.2, 0.25) is 0 Å². The summed E-state index contributed by atoms with van der Waals surface area (Å²) in [6.07, 6.45) is 0.